The van der Waals surface area contributed by atoms with Gasteiger partial charge in [0.1, 0.15) is 6.04 Å². The second kappa shape index (κ2) is 8.63. The van der Waals surface area contributed by atoms with Crippen molar-refractivity contribution in [1.29, 1.82) is 0 Å². The summed E-state index contributed by atoms with van der Waals surface area (Å²) < 4.78 is 4.64. The molecule has 17 heavy (non-hydrogen) atoms. The Balaban J connectivity index is 4.06. The second-order valence-electron chi connectivity index (χ2n) is 4.22. The van der Waals surface area contributed by atoms with Gasteiger partial charge < -0.3 is 10.1 Å². The molecule has 0 radical (unpaired) electrons. The molecule has 0 saturated carbocycles. The Bertz CT molecular complexity index is 292. The number of methoxy groups -OCH3 is 1. The minimum absolute atomic E-state index is 0.0112. The highest BCUT2D eigenvalue weighted by Gasteiger charge is 2.24. The summed E-state index contributed by atoms with van der Waals surface area (Å²) in [6, 6.07) is -0.569. The van der Waals surface area contributed by atoms with Crippen LogP contribution in [0.1, 0.15) is 39.5 Å². The molecule has 1 amide bonds. The van der Waals surface area contributed by atoms with Gasteiger partial charge in [-0.2, -0.15) is 0 Å². The third kappa shape index (κ3) is 6.62. The molecule has 0 fully saturated rings. The number of ether oxygens (including phenoxy) is 1. The Labute approximate surface area is 103 Å². The number of rotatable bonds is 7. The third-order valence-electron chi connectivity index (χ3n) is 2.41. The molecule has 4 heteroatoms. The van der Waals surface area contributed by atoms with E-state index in [1.54, 1.807) is 0 Å². The van der Waals surface area contributed by atoms with Gasteiger partial charge in [0.15, 0.2) is 0 Å². The zero-order valence-electron chi connectivity index (χ0n) is 10.8. The molecule has 0 spiro atoms. The van der Waals surface area contributed by atoms with Crippen LogP contribution in [0.4, 0.5) is 0 Å². The number of hydrogen-bond donors (Lipinski definition) is 1. The van der Waals surface area contributed by atoms with Crippen molar-refractivity contribution in [3.63, 3.8) is 0 Å². The third-order valence-corrected chi connectivity index (χ3v) is 2.41. The van der Waals surface area contributed by atoms with E-state index in [0.717, 1.165) is 12.8 Å². The van der Waals surface area contributed by atoms with Gasteiger partial charge in [-0.05, 0) is 18.8 Å². The molecule has 0 saturated heterocycles. The molecule has 0 bridgehead atoms. The molecule has 0 rings (SSSR count). The van der Waals surface area contributed by atoms with Crippen molar-refractivity contribution in [2.24, 2.45) is 5.92 Å². The first kappa shape index (κ1) is 15.5. The van der Waals surface area contributed by atoms with Crippen LogP contribution >= 0.6 is 0 Å². The van der Waals surface area contributed by atoms with Crippen molar-refractivity contribution in [3.8, 4) is 12.3 Å². The topological polar surface area (TPSA) is 55.4 Å². The fourth-order valence-electron chi connectivity index (χ4n) is 1.38. The standard InChI is InChI=1S/C13H21NO3/c1-5-6-7-8-9-11(15)14-12(10(2)3)13(16)17-4/h1,10,12H,6-9H2,2-4H3,(H,14,15). The molecule has 1 unspecified atom stereocenters. The number of esters is 1. The minimum atomic E-state index is -0.569. The quantitative estimate of drug-likeness (QED) is 0.416. The van der Waals surface area contributed by atoms with E-state index in [1.807, 2.05) is 13.8 Å². The molecular weight excluding hydrogens is 218 g/mol. The summed E-state index contributed by atoms with van der Waals surface area (Å²) in [6.45, 7) is 3.72. The number of hydrogen-bond acceptors (Lipinski definition) is 3. The molecular formula is C13H21NO3. The molecule has 1 N–H and O–H groups in total. The maximum Gasteiger partial charge on any atom is 0.328 e. The van der Waals surface area contributed by atoms with Crippen LogP contribution in [0, 0.1) is 18.3 Å². The largest absolute Gasteiger partial charge is 0.467 e. The van der Waals surface area contributed by atoms with E-state index in [9.17, 15) is 9.59 Å². The van der Waals surface area contributed by atoms with E-state index in [-0.39, 0.29) is 11.8 Å². The maximum absolute atomic E-state index is 11.6. The number of carbonyl (C=O) groups excluding carboxylic acids is 2. The number of nitrogens with one attached hydrogen (secondary N) is 1. The lowest BCUT2D eigenvalue weighted by Gasteiger charge is -2.19. The zero-order valence-corrected chi connectivity index (χ0v) is 10.8. The van der Waals surface area contributed by atoms with E-state index in [2.05, 4.69) is 16.0 Å². The lowest BCUT2D eigenvalue weighted by molar-refractivity contribution is -0.146. The van der Waals surface area contributed by atoms with Crippen LogP contribution in [0.25, 0.3) is 0 Å². The smallest absolute Gasteiger partial charge is 0.328 e. The van der Waals surface area contributed by atoms with Gasteiger partial charge in [0.05, 0.1) is 7.11 Å². The lowest BCUT2D eigenvalue weighted by Crippen LogP contribution is -2.44. The first-order valence-corrected chi connectivity index (χ1v) is 5.83. The molecule has 0 aromatic heterocycles. The van der Waals surface area contributed by atoms with Gasteiger partial charge in [-0.25, -0.2) is 4.79 Å². The summed E-state index contributed by atoms with van der Waals surface area (Å²) in [4.78, 5) is 23.0. The normalized spacial score (nSPS) is 11.7. The highest BCUT2D eigenvalue weighted by Crippen LogP contribution is 2.05. The van der Waals surface area contributed by atoms with Crippen molar-refractivity contribution < 1.29 is 14.3 Å². The molecule has 0 aliphatic heterocycles. The number of unbranched alkanes of at least 4 members (excludes halogenated alkanes) is 2. The van der Waals surface area contributed by atoms with Crippen molar-refractivity contribution in [3.05, 3.63) is 0 Å². The molecule has 0 heterocycles. The van der Waals surface area contributed by atoms with Gasteiger partial charge in [0.25, 0.3) is 0 Å². The van der Waals surface area contributed by atoms with Crippen LogP contribution < -0.4 is 5.32 Å². The Kier molecular flexibility index (Phi) is 7.87. The van der Waals surface area contributed by atoms with Crippen LogP contribution in [0.5, 0.6) is 0 Å². The summed E-state index contributed by atoms with van der Waals surface area (Å²) in [7, 11) is 1.32. The summed E-state index contributed by atoms with van der Waals surface area (Å²) in [6.07, 6.45) is 7.75. The van der Waals surface area contributed by atoms with Gasteiger partial charge >= 0.3 is 5.97 Å². The molecule has 1 atom stereocenters. The molecule has 4 nitrogen and oxygen atoms in total. The first-order chi connectivity index (χ1) is 8.02. The number of carbonyl (C=O) groups is 2. The van der Waals surface area contributed by atoms with Gasteiger partial charge in [-0.1, -0.05) is 13.8 Å². The predicted octanol–water partition coefficient (Wildman–Crippen LogP) is 1.49. The average Bonchev–Trinajstić information content (AvgIpc) is 2.30. The Morgan fingerprint density at radius 2 is 2.00 bits per heavy atom. The molecule has 96 valence electrons. The van der Waals surface area contributed by atoms with Crippen molar-refractivity contribution >= 4 is 11.9 Å². The Morgan fingerprint density at radius 1 is 1.35 bits per heavy atom. The predicted molar refractivity (Wildman–Crippen MR) is 66.1 cm³/mol. The van der Waals surface area contributed by atoms with E-state index in [4.69, 9.17) is 6.42 Å². The van der Waals surface area contributed by atoms with E-state index in [0.29, 0.717) is 12.8 Å². The summed E-state index contributed by atoms with van der Waals surface area (Å²) in [5, 5.41) is 2.68. The minimum Gasteiger partial charge on any atom is -0.467 e. The molecule has 0 aromatic carbocycles. The van der Waals surface area contributed by atoms with Gasteiger partial charge in [-0.3, -0.25) is 4.79 Å². The SMILES string of the molecule is C#CCCCCC(=O)NC(C(=O)OC)C(C)C. The summed E-state index contributed by atoms with van der Waals surface area (Å²) >= 11 is 0. The Morgan fingerprint density at radius 3 is 2.47 bits per heavy atom. The van der Waals surface area contributed by atoms with Crippen LogP contribution in [-0.4, -0.2) is 25.0 Å². The van der Waals surface area contributed by atoms with E-state index in [1.165, 1.54) is 7.11 Å². The molecule has 0 aromatic rings. The fraction of sp³-hybridized carbons (Fsp3) is 0.692. The van der Waals surface area contributed by atoms with E-state index >= 15 is 0 Å². The number of terminal acetylenes is 1. The van der Waals surface area contributed by atoms with Crippen LogP contribution in [-0.2, 0) is 14.3 Å². The highest BCUT2D eigenvalue weighted by molar-refractivity contribution is 5.84. The van der Waals surface area contributed by atoms with Gasteiger partial charge in [-0.15, -0.1) is 12.3 Å². The van der Waals surface area contributed by atoms with Gasteiger partial charge in [0, 0.05) is 12.8 Å². The van der Waals surface area contributed by atoms with Crippen LogP contribution in [0.2, 0.25) is 0 Å². The molecule has 0 aliphatic carbocycles. The summed E-state index contributed by atoms with van der Waals surface area (Å²) in [5.74, 6) is 1.99. The second-order valence-corrected chi connectivity index (χ2v) is 4.22. The highest BCUT2D eigenvalue weighted by atomic mass is 16.5. The lowest BCUT2D eigenvalue weighted by atomic mass is 10.0. The fourth-order valence-corrected chi connectivity index (χ4v) is 1.38. The maximum atomic E-state index is 11.6. The van der Waals surface area contributed by atoms with Gasteiger partial charge in [0.2, 0.25) is 5.91 Å². The van der Waals surface area contributed by atoms with Crippen molar-refractivity contribution in [2.75, 3.05) is 7.11 Å². The number of amides is 1. The van der Waals surface area contributed by atoms with Crippen molar-refractivity contribution in [2.45, 2.75) is 45.6 Å². The van der Waals surface area contributed by atoms with Crippen LogP contribution in [0.15, 0.2) is 0 Å². The average molecular weight is 239 g/mol. The van der Waals surface area contributed by atoms with Crippen molar-refractivity contribution in [1.82, 2.24) is 5.32 Å². The Hall–Kier alpha value is -1.50. The van der Waals surface area contributed by atoms with E-state index < -0.39 is 12.0 Å². The van der Waals surface area contributed by atoms with Crippen LogP contribution in [0.3, 0.4) is 0 Å². The first-order valence-electron chi connectivity index (χ1n) is 5.83. The zero-order chi connectivity index (χ0) is 13.3. The molecule has 0 aliphatic rings. The monoisotopic (exact) mass is 239 g/mol. The summed E-state index contributed by atoms with van der Waals surface area (Å²) in [5.41, 5.74) is 0.